The van der Waals surface area contributed by atoms with Crippen LogP contribution in [0.15, 0.2) is 30.3 Å². The molecule has 0 heterocycles. The lowest BCUT2D eigenvalue weighted by atomic mass is 10.1. The molecule has 1 unspecified atom stereocenters. The summed E-state index contributed by atoms with van der Waals surface area (Å²) < 4.78 is 6.02. The van der Waals surface area contributed by atoms with Crippen molar-refractivity contribution in [2.45, 2.75) is 45.0 Å². The average molecular weight is 266 g/mol. The molecule has 19 heavy (non-hydrogen) atoms. The average Bonchev–Trinajstić information content (AvgIpc) is 2.47. The highest BCUT2D eigenvalue weighted by molar-refractivity contribution is 5.51. The van der Waals surface area contributed by atoms with E-state index < -0.39 is 5.79 Å². The monoisotopic (exact) mass is 266 g/mol. The number of carbonyl (C=O) groups excluding carboxylic acids is 1. The Labute approximate surface area is 114 Å². The maximum atomic E-state index is 10.9. The summed E-state index contributed by atoms with van der Waals surface area (Å²) in [4.78, 5) is 20.9. The van der Waals surface area contributed by atoms with Crippen molar-refractivity contribution in [1.29, 1.82) is 0 Å². The highest BCUT2D eigenvalue weighted by atomic mass is 17.2. The summed E-state index contributed by atoms with van der Waals surface area (Å²) in [6, 6.07) is 9.66. The van der Waals surface area contributed by atoms with Crippen LogP contribution < -0.4 is 0 Å². The molecule has 1 aromatic rings. The molecule has 0 aliphatic rings. The fourth-order valence-electron chi connectivity index (χ4n) is 1.97. The smallest absolute Gasteiger partial charge is 0.201 e. The van der Waals surface area contributed by atoms with Crippen molar-refractivity contribution in [3.63, 3.8) is 0 Å². The Morgan fingerprint density at radius 1 is 1.21 bits per heavy atom. The van der Waals surface area contributed by atoms with E-state index in [1.165, 1.54) is 7.11 Å². The summed E-state index contributed by atoms with van der Waals surface area (Å²) in [6.07, 6.45) is 2.10. The molecular weight excluding hydrogens is 244 g/mol. The first kappa shape index (κ1) is 15.8. The third-order valence-electron chi connectivity index (χ3n) is 3.15. The van der Waals surface area contributed by atoms with Crippen molar-refractivity contribution in [2.24, 2.45) is 0 Å². The zero-order valence-corrected chi connectivity index (χ0v) is 11.8. The van der Waals surface area contributed by atoms with Gasteiger partial charge in [0.2, 0.25) is 5.79 Å². The van der Waals surface area contributed by atoms with Gasteiger partial charge in [0.05, 0.1) is 13.2 Å². The van der Waals surface area contributed by atoms with Gasteiger partial charge in [-0.1, -0.05) is 44.2 Å². The van der Waals surface area contributed by atoms with Crippen LogP contribution in [0, 0.1) is 0 Å². The van der Waals surface area contributed by atoms with E-state index in [0.717, 1.165) is 11.8 Å². The van der Waals surface area contributed by atoms with Crippen molar-refractivity contribution < 1.29 is 19.3 Å². The van der Waals surface area contributed by atoms with Crippen LogP contribution in [0.5, 0.6) is 0 Å². The van der Waals surface area contributed by atoms with Crippen LogP contribution in [0.2, 0.25) is 0 Å². The number of hydrogen-bond donors (Lipinski definition) is 0. The number of benzene rings is 1. The summed E-state index contributed by atoms with van der Waals surface area (Å²) in [7, 11) is 1.46. The SMILES string of the molecule is CCC(CC)(OOC)OC(CC=O)c1ccccc1. The first-order chi connectivity index (χ1) is 9.21. The van der Waals surface area contributed by atoms with E-state index in [1.54, 1.807) is 0 Å². The third kappa shape index (κ3) is 4.42. The molecule has 0 amide bonds. The van der Waals surface area contributed by atoms with Gasteiger partial charge in [0, 0.05) is 19.3 Å². The van der Waals surface area contributed by atoms with Crippen molar-refractivity contribution in [1.82, 2.24) is 0 Å². The van der Waals surface area contributed by atoms with E-state index in [1.807, 2.05) is 44.2 Å². The van der Waals surface area contributed by atoms with Crippen LogP contribution in [0.4, 0.5) is 0 Å². The molecule has 1 atom stereocenters. The molecule has 0 bridgehead atoms. The summed E-state index contributed by atoms with van der Waals surface area (Å²) in [5.41, 5.74) is 0.959. The molecule has 0 fully saturated rings. The molecule has 0 N–H and O–H groups in total. The molecule has 1 aromatic carbocycles. The second-order valence-corrected chi connectivity index (χ2v) is 4.29. The van der Waals surface area contributed by atoms with Gasteiger partial charge in [-0.15, -0.1) is 0 Å². The molecular formula is C15H22O4. The maximum Gasteiger partial charge on any atom is 0.201 e. The zero-order chi connectivity index (χ0) is 14.1. The number of carbonyl (C=O) groups is 1. The molecule has 4 nitrogen and oxygen atoms in total. The minimum Gasteiger partial charge on any atom is -0.339 e. The largest absolute Gasteiger partial charge is 0.339 e. The maximum absolute atomic E-state index is 10.9. The van der Waals surface area contributed by atoms with Crippen LogP contribution in [-0.4, -0.2) is 19.2 Å². The lowest BCUT2D eigenvalue weighted by molar-refractivity contribution is -0.428. The topological polar surface area (TPSA) is 44.8 Å². The van der Waals surface area contributed by atoms with E-state index in [9.17, 15) is 4.79 Å². The number of aldehydes is 1. The first-order valence-corrected chi connectivity index (χ1v) is 6.59. The summed E-state index contributed by atoms with van der Waals surface area (Å²) in [6.45, 7) is 3.93. The fourth-order valence-corrected chi connectivity index (χ4v) is 1.97. The third-order valence-corrected chi connectivity index (χ3v) is 3.15. The molecule has 106 valence electrons. The number of hydrogen-bond acceptors (Lipinski definition) is 4. The molecule has 4 heteroatoms. The molecule has 0 radical (unpaired) electrons. The highest BCUT2D eigenvalue weighted by Crippen LogP contribution is 2.32. The molecule has 0 aliphatic heterocycles. The second kappa shape index (κ2) is 8.04. The fraction of sp³-hybridized carbons (Fsp3) is 0.533. The molecule has 0 saturated heterocycles. The predicted molar refractivity (Wildman–Crippen MR) is 72.4 cm³/mol. The first-order valence-electron chi connectivity index (χ1n) is 6.59. The highest BCUT2D eigenvalue weighted by Gasteiger charge is 2.33. The molecule has 0 aliphatic carbocycles. The van der Waals surface area contributed by atoms with Crippen molar-refractivity contribution in [3.05, 3.63) is 35.9 Å². The Bertz CT molecular complexity index is 360. The Morgan fingerprint density at radius 2 is 1.84 bits per heavy atom. The van der Waals surface area contributed by atoms with Crippen LogP contribution in [0.1, 0.15) is 44.8 Å². The quantitative estimate of drug-likeness (QED) is 0.297. The van der Waals surface area contributed by atoms with Gasteiger partial charge >= 0.3 is 0 Å². The van der Waals surface area contributed by atoms with E-state index in [2.05, 4.69) is 0 Å². The minimum absolute atomic E-state index is 0.291. The van der Waals surface area contributed by atoms with Gasteiger partial charge in [0.1, 0.15) is 6.29 Å². The van der Waals surface area contributed by atoms with Gasteiger partial charge in [-0.3, -0.25) is 0 Å². The van der Waals surface area contributed by atoms with E-state index in [0.29, 0.717) is 19.3 Å². The summed E-state index contributed by atoms with van der Waals surface area (Å²) in [5.74, 6) is -0.821. The lowest BCUT2D eigenvalue weighted by Gasteiger charge is -2.33. The van der Waals surface area contributed by atoms with Gasteiger partial charge in [0.15, 0.2) is 0 Å². The Balaban J connectivity index is 2.90. The Kier molecular flexibility index (Phi) is 6.70. The van der Waals surface area contributed by atoms with Gasteiger partial charge in [-0.05, 0) is 5.56 Å². The normalized spacial score (nSPS) is 13.2. The standard InChI is InChI=1S/C15H22O4/c1-4-15(5-2,19-17-3)18-14(11-12-16)13-9-7-6-8-10-13/h6-10,12,14H,4-5,11H2,1-3H3. The van der Waals surface area contributed by atoms with E-state index in [-0.39, 0.29) is 6.10 Å². The molecule has 0 saturated carbocycles. The number of ether oxygens (including phenoxy) is 1. The zero-order valence-electron chi connectivity index (χ0n) is 11.8. The van der Waals surface area contributed by atoms with Crippen molar-refractivity contribution >= 4 is 6.29 Å². The van der Waals surface area contributed by atoms with Gasteiger partial charge in [0.25, 0.3) is 0 Å². The summed E-state index contributed by atoms with van der Waals surface area (Å²) in [5, 5.41) is 0. The molecule has 0 spiro atoms. The van der Waals surface area contributed by atoms with E-state index in [4.69, 9.17) is 14.5 Å². The van der Waals surface area contributed by atoms with Crippen LogP contribution >= 0.6 is 0 Å². The Hall–Kier alpha value is -1.23. The molecule has 1 rings (SSSR count). The predicted octanol–water partition coefficient (Wildman–Crippen LogP) is 3.43. The van der Waals surface area contributed by atoms with Gasteiger partial charge in [-0.2, -0.15) is 0 Å². The molecule has 0 aromatic heterocycles. The minimum atomic E-state index is -0.821. The summed E-state index contributed by atoms with van der Waals surface area (Å²) >= 11 is 0. The van der Waals surface area contributed by atoms with Crippen LogP contribution in [-0.2, 0) is 19.3 Å². The number of rotatable bonds is 9. The van der Waals surface area contributed by atoms with Gasteiger partial charge < -0.3 is 9.53 Å². The van der Waals surface area contributed by atoms with Crippen molar-refractivity contribution in [3.8, 4) is 0 Å². The van der Waals surface area contributed by atoms with Gasteiger partial charge in [-0.25, -0.2) is 9.78 Å². The second-order valence-electron chi connectivity index (χ2n) is 4.29. The van der Waals surface area contributed by atoms with Crippen LogP contribution in [0.25, 0.3) is 0 Å². The van der Waals surface area contributed by atoms with E-state index >= 15 is 0 Å². The lowest BCUT2D eigenvalue weighted by Crippen LogP contribution is -2.36. The van der Waals surface area contributed by atoms with Crippen molar-refractivity contribution in [2.75, 3.05) is 7.11 Å². The Morgan fingerprint density at radius 3 is 2.32 bits per heavy atom. The van der Waals surface area contributed by atoms with Crippen LogP contribution in [0.3, 0.4) is 0 Å².